The van der Waals surface area contributed by atoms with Crippen molar-refractivity contribution >= 4 is 10.0 Å². The topological polar surface area (TPSA) is 67.4 Å². The zero-order chi connectivity index (χ0) is 11.0. The third-order valence-corrected chi connectivity index (χ3v) is 2.36. The molecule has 2 N–H and O–H groups in total. The highest BCUT2D eigenvalue weighted by molar-refractivity contribution is 7.88. The summed E-state index contributed by atoms with van der Waals surface area (Å²) in [4.78, 5) is 0. The molecule has 1 unspecified atom stereocenters. The molecule has 0 saturated heterocycles. The van der Waals surface area contributed by atoms with E-state index in [1.807, 2.05) is 6.92 Å². The van der Waals surface area contributed by atoms with Crippen molar-refractivity contribution in [3.05, 3.63) is 0 Å². The van der Waals surface area contributed by atoms with E-state index < -0.39 is 10.0 Å². The molecule has 0 heterocycles. The summed E-state index contributed by atoms with van der Waals surface area (Å²) in [5, 5.41) is 3.21. The van der Waals surface area contributed by atoms with Gasteiger partial charge in [-0.15, -0.1) is 0 Å². The third kappa shape index (κ3) is 9.91. The lowest BCUT2D eigenvalue weighted by atomic mass is 10.3. The van der Waals surface area contributed by atoms with E-state index in [9.17, 15) is 8.42 Å². The Morgan fingerprint density at radius 1 is 1.36 bits per heavy atom. The Morgan fingerprint density at radius 2 is 2.00 bits per heavy atom. The molecule has 0 saturated carbocycles. The summed E-state index contributed by atoms with van der Waals surface area (Å²) < 4.78 is 28.7. The molecule has 5 nitrogen and oxygen atoms in total. The minimum Gasteiger partial charge on any atom is -0.383 e. The average Bonchev–Trinajstić information content (AvgIpc) is 2.02. The van der Waals surface area contributed by atoms with Gasteiger partial charge in [0, 0.05) is 19.7 Å². The Morgan fingerprint density at radius 3 is 2.50 bits per heavy atom. The van der Waals surface area contributed by atoms with Crippen LogP contribution in [0.3, 0.4) is 0 Å². The zero-order valence-corrected chi connectivity index (χ0v) is 9.86. The summed E-state index contributed by atoms with van der Waals surface area (Å²) in [6.45, 7) is 3.95. The van der Waals surface area contributed by atoms with E-state index in [1.165, 1.54) is 0 Å². The van der Waals surface area contributed by atoms with Gasteiger partial charge in [-0.2, -0.15) is 0 Å². The van der Waals surface area contributed by atoms with Crippen LogP contribution in [0.4, 0.5) is 0 Å². The van der Waals surface area contributed by atoms with E-state index in [0.717, 1.165) is 19.2 Å². The van der Waals surface area contributed by atoms with E-state index in [0.29, 0.717) is 19.2 Å². The summed E-state index contributed by atoms with van der Waals surface area (Å²) in [5.41, 5.74) is 0. The molecule has 0 spiro atoms. The largest absolute Gasteiger partial charge is 0.383 e. The molecule has 0 radical (unpaired) electrons. The standard InChI is InChI=1S/C8H20N2O3S/c1-8(7-13-2)9-5-4-6-10-14(3,11)12/h8-10H,4-7H2,1-3H3. The number of ether oxygens (including phenoxy) is 1. The van der Waals surface area contributed by atoms with Crippen LogP contribution in [0.15, 0.2) is 0 Å². The molecular weight excluding hydrogens is 204 g/mol. The number of rotatable bonds is 8. The van der Waals surface area contributed by atoms with Crippen molar-refractivity contribution in [3.8, 4) is 0 Å². The van der Waals surface area contributed by atoms with Crippen molar-refractivity contribution < 1.29 is 13.2 Å². The molecule has 0 amide bonds. The second-order valence-electron chi connectivity index (χ2n) is 3.33. The molecule has 14 heavy (non-hydrogen) atoms. The predicted octanol–water partition coefficient (Wildman–Crippen LogP) is -0.450. The van der Waals surface area contributed by atoms with Gasteiger partial charge in [-0.3, -0.25) is 0 Å². The van der Waals surface area contributed by atoms with E-state index in [2.05, 4.69) is 10.0 Å². The van der Waals surface area contributed by atoms with Crippen LogP contribution in [0.2, 0.25) is 0 Å². The van der Waals surface area contributed by atoms with Crippen LogP contribution in [0.1, 0.15) is 13.3 Å². The van der Waals surface area contributed by atoms with Crippen molar-refractivity contribution in [3.63, 3.8) is 0 Å². The van der Waals surface area contributed by atoms with Gasteiger partial charge in [0.05, 0.1) is 12.9 Å². The second kappa shape index (κ2) is 7.17. The summed E-state index contributed by atoms with van der Waals surface area (Å²) in [7, 11) is -1.38. The molecule has 1 atom stereocenters. The molecule has 86 valence electrons. The summed E-state index contributed by atoms with van der Waals surface area (Å²) in [6, 6.07) is 0.304. The van der Waals surface area contributed by atoms with E-state index in [4.69, 9.17) is 4.74 Å². The summed E-state index contributed by atoms with van der Waals surface area (Å²) >= 11 is 0. The van der Waals surface area contributed by atoms with Gasteiger partial charge in [-0.25, -0.2) is 13.1 Å². The first kappa shape index (κ1) is 13.8. The Labute approximate surface area is 86.3 Å². The van der Waals surface area contributed by atoms with Crippen molar-refractivity contribution in [1.29, 1.82) is 0 Å². The van der Waals surface area contributed by atoms with Gasteiger partial charge in [0.1, 0.15) is 0 Å². The highest BCUT2D eigenvalue weighted by Crippen LogP contribution is 1.84. The lowest BCUT2D eigenvalue weighted by molar-refractivity contribution is 0.172. The molecule has 0 aromatic heterocycles. The fourth-order valence-corrected chi connectivity index (χ4v) is 1.52. The molecular formula is C8H20N2O3S. The lowest BCUT2D eigenvalue weighted by Crippen LogP contribution is -2.33. The molecule has 0 aromatic carbocycles. The van der Waals surface area contributed by atoms with E-state index in [-0.39, 0.29) is 0 Å². The summed E-state index contributed by atoms with van der Waals surface area (Å²) in [5.74, 6) is 0. The average molecular weight is 224 g/mol. The minimum atomic E-state index is -3.04. The highest BCUT2D eigenvalue weighted by Gasteiger charge is 2.01. The number of methoxy groups -OCH3 is 1. The molecule has 0 bridgehead atoms. The monoisotopic (exact) mass is 224 g/mol. The molecule has 6 heteroatoms. The maximum absolute atomic E-state index is 10.7. The van der Waals surface area contributed by atoms with E-state index >= 15 is 0 Å². The van der Waals surface area contributed by atoms with Crippen LogP contribution in [-0.2, 0) is 14.8 Å². The van der Waals surface area contributed by atoms with Crippen LogP contribution in [0.25, 0.3) is 0 Å². The Balaban J connectivity index is 3.30. The van der Waals surface area contributed by atoms with Gasteiger partial charge in [0.2, 0.25) is 10.0 Å². The highest BCUT2D eigenvalue weighted by atomic mass is 32.2. The van der Waals surface area contributed by atoms with Gasteiger partial charge in [-0.1, -0.05) is 0 Å². The van der Waals surface area contributed by atoms with Crippen LogP contribution in [-0.4, -0.2) is 47.5 Å². The lowest BCUT2D eigenvalue weighted by Gasteiger charge is -2.12. The van der Waals surface area contributed by atoms with Crippen LogP contribution < -0.4 is 10.0 Å². The van der Waals surface area contributed by atoms with Gasteiger partial charge in [0.15, 0.2) is 0 Å². The molecule has 0 aliphatic carbocycles. The van der Waals surface area contributed by atoms with Crippen molar-refractivity contribution in [1.82, 2.24) is 10.0 Å². The molecule has 0 fully saturated rings. The van der Waals surface area contributed by atoms with Gasteiger partial charge >= 0.3 is 0 Å². The molecule has 0 aromatic rings. The number of nitrogens with one attached hydrogen (secondary N) is 2. The first-order valence-electron chi connectivity index (χ1n) is 4.62. The predicted molar refractivity (Wildman–Crippen MR) is 56.8 cm³/mol. The Bertz CT molecular complexity index is 229. The number of hydrogen-bond donors (Lipinski definition) is 2. The van der Waals surface area contributed by atoms with E-state index in [1.54, 1.807) is 7.11 Å². The quantitative estimate of drug-likeness (QED) is 0.548. The molecule has 0 aliphatic rings. The second-order valence-corrected chi connectivity index (χ2v) is 5.16. The van der Waals surface area contributed by atoms with Gasteiger partial charge in [-0.05, 0) is 19.9 Å². The number of sulfonamides is 1. The minimum absolute atomic E-state index is 0.304. The van der Waals surface area contributed by atoms with Crippen molar-refractivity contribution in [2.75, 3.05) is 33.1 Å². The first-order valence-corrected chi connectivity index (χ1v) is 6.52. The Hall–Kier alpha value is -0.170. The van der Waals surface area contributed by atoms with Crippen molar-refractivity contribution in [2.45, 2.75) is 19.4 Å². The van der Waals surface area contributed by atoms with Crippen LogP contribution in [0.5, 0.6) is 0 Å². The first-order chi connectivity index (χ1) is 6.45. The maximum Gasteiger partial charge on any atom is 0.208 e. The molecule has 0 aliphatic heterocycles. The van der Waals surface area contributed by atoms with Crippen molar-refractivity contribution in [2.24, 2.45) is 0 Å². The fraction of sp³-hybridized carbons (Fsp3) is 1.00. The summed E-state index contributed by atoms with van der Waals surface area (Å²) in [6.07, 6.45) is 1.94. The zero-order valence-electron chi connectivity index (χ0n) is 9.04. The van der Waals surface area contributed by atoms with Gasteiger partial charge in [0.25, 0.3) is 0 Å². The smallest absolute Gasteiger partial charge is 0.208 e. The maximum atomic E-state index is 10.7. The SMILES string of the molecule is COCC(C)NCCCNS(C)(=O)=O. The van der Waals surface area contributed by atoms with Crippen LogP contribution in [0, 0.1) is 0 Å². The normalized spacial score (nSPS) is 14.2. The number of hydrogen-bond acceptors (Lipinski definition) is 4. The van der Waals surface area contributed by atoms with Gasteiger partial charge < -0.3 is 10.1 Å². The molecule has 0 rings (SSSR count). The van der Waals surface area contributed by atoms with Crippen LogP contribution >= 0.6 is 0 Å². The fourth-order valence-electron chi connectivity index (χ4n) is 1.00. The third-order valence-electron chi connectivity index (χ3n) is 1.63. The Kier molecular flexibility index (Phi) is 7.08.